The van der Waals surface area contributed by atoms with Crippen LogP contribution in [0.25, 0.3) is 0 Å². The Balaban J connectivity index is 2.85. The molecule has 0 saturated carbocycles. The highest BCUT2D eigenvalue weighted by molar-refractivity contribution is 6.30. The Labute approximate surface area is 120 Å². The molecule has 0 heterocycles. The minimum absolute atomic E-state index is 0.371. The van der Waals surface area contributed by atoms with Crippen molar-refractivity contribution in [1.82, 2.24) is 10.2 Å². The van der Waals surface area contributed by atoms with Crippen LogP contribution >= 0.6 is 11.6 Å². The van der Waals surface area contributed by atoms with E-state index in [1.165, 1.54) is 0 Å². The van der Waals surface area contributed by atoms with Gasteiger partial charge >= 0.3 is 12.1 Å². The van der Waals surface area contributed by atoms with Gasteiger partial charge in [-0.2, -0.15) is 13.2 Å². The molecule has 3 nitrogen and oxygen atoms in total. The Hall–Kier alpha value is -1.27. The number of carbonyl (C=O) groups is 1. The van der Waals surface area contributed by atoms with E-state index in [1.54, 1.807) is 24.3 Å². The second-order valence-electron chi connectivity index (χ2n) is 4.67. The van der Waals surface area contributed by atoms with Crippen LogP contribution in [-0.2, 0) is 4.79 Å². The van der Waals surface area contributed by atoms with Crippen molar-refractivity contribution in [2.75, 3.05) is 20.6 Å². The van der Waals surface area contributed by atoms with Crippen LogP contribution in [0.3, 0.4) is 0 Å². The van der Waals surface area contributed by atoms with E-state index in [1.807, 2.05) is 24.3 Å². The average molecular weight is 309 g/mol. The first-order valence-corrected chi connectivity index (χ1v) is 6.36. The lowest BCUT2D eigenvalue weighted by Gasteiger charge is -2.22. The fraction of sp³-hybridized carbons (Fsp3) is 0.462. The molecule has 112 valence electrons. The van der Waals surface area contributed by atoms with Gasteiger partial charge in [0.05, 0.1) is 6.04 Å². The smallest absolute Gasteiger partial charge is 0.341 e. The molecule has 0 saturated heterocycles. The molecule has 20 heavy (non-hydrogen) atoms. The number of rotatable bonds is 5. The first-order chi connectivity index (χ1) is 9.20. The number of alkyl halides is 3. The molecule has 7 heteroatoms. The van der Waals surface area contributed by atoms with Crippen molar-refractivity contribution in [2.24, 2.45) is 0 Å². The summed E-state index contributed by atoms with van der Waals surface area (Å²) in [4.78, 5) is 12.9. The lowest BCUT2D eigenvalue weighted by Crippen LogP contribution is -2.40. The monoisotopic (exact) mass is 308 g/mol. The van der Waals surface area contributed by atoms with Gasteiger partial charge < -0.3 is 10.2 Å². The zero-order chi connectivity index (χ0) is 15.3. The normalized spacial score (nSPS) is 13.3. The minimum atomic E-state index is -4.89. The number of carbonyl (C=O) groups excluding carboxylic acids is 1. The number of hydrogen-bond acceptors (Lipinski definition) is 2. The molecule has 0 bridgehead atoms. The number of nitrogens with zero attached hydrogens (tertiary/aromatic N) is 1. The molecule has 0 aliphatic rings. The molecular formula is C13H16ClF3N2O. The summed E-state index contributed by atoms with van der Waals surface area (Å²) >= 11 is 5.75. The van der Waals surface area contributed by atoms with Gasteiger partial charge in [-0.15, -0.1) is 0 Å². The van der Waals surface area contributed by atoms with Crippen molar-refractivity contribution in [3.05, 3.63) is 34.9 Å². The summed E-state index contributed by atoms with van der Waals surface area (Å²) in [5.74, 6) is -1.93. The van der Waals surface area contributed by atoms with Crippen molar-refractivity contribution in [1.29, 1.82) is 0 Å². The lowest BCUT2D eigenvalue weighted by atomic mass is 10.0. The maximum Gasteiger partial charge on any atom is 0.471 e. The summed E-state index contributed by atoms with van der Waals surface area (Å²) in [5.41, 5.74) is 0.592. The van der Waals surface area contributed by atoms with Crippen molar-refractivity contribution < 1.29 is 18.0 Å². The molecule has 1 aromatic rings. The first-order valence-electron chi connectivity index (χ1n) is 5.98. The summed E-state index contributed by atoms with van der Waals surface area (Å²) in [6.07, 6.45) is -4.51. The predicted octanol–water partition coefficient (Wildman–Crippen LogP) is 3.01. The Morgan fingerprint density at radius 2 is 1.85 bits per heavy atom. The van der Waals surface area contributed by atoms with E-state index in [0.717, 1.165) is 0 Å². The van der Waals surface area contributed by atoms with Crippen molar-refractivity contribution >= 4 is 17.5 Å². The van der Waals surface area contributed by atoms with E-state index in [-0.39, 0.29) is 0 Å². The second-order valence-corrected chi connectivity index (χ2v) is 5.10. The summed E-state index contributed by atoms with van der Waals surface area (Å²) in [6, 6.07) is 5.68. The zero-order valence-corrected chi connectivity index (χ0v) is 11.9. The number of halogens is 4. The van der Waals surface area contributed by atoms with Crippen LogP contribution in [0.4, 0.5) is 13.2 Å². The molecule has 0 aliphatic heterocycles. The van der Waals surface area contributed by atoms with Gasteiger partial charge in [-0.3, -0.25) is 4.79 Å². The van der Waals surface area contributed by atoms with Gasteiger partial charge in [0.25, 0.3) is 0 Å². The Morgan fingerprint density at radius 1 is 1.30 bits per heavy atom. The third-order valence-electron chi connectivity index (χ3n) is 2.70. The van der Waals surface area contributed by atoms with Crippen LogP contribution in [0.15, 0.2) is 24.3 Å². The van der Waals surface area contributed by atoms with Crippen LogP contribution in [0, 0.1) is 0 Å². The summed E-state index contributed by atoms with van der Waals surface area (Å²) in [6.45, 7) is 0.547. The van der Waals surface area contributed by atoms with Gasteiger partial charge in [-0.05, 0) is 44.8 Å². The molecule has 0 aromatic heterocycles. The average Bonchev–Trinajstić information content (AvgIpc) is 2.34. The molecule has 1 amide bonds. The van der Waals surface area contributed by atoms with E-state index < -0.39 is 18.1 Å². The SMILES string of the molecule is CN(C)CCC(NC(=O)C(F)(F)F)c1ccc(Cl)cc1. The van der Waals surface area contributed by atoms with Crippen LogP contribution < -0.4 is 5.32 Å². The first kappa shape index (κ1) is 16.8. The zero-order valence-electron chi connectivity index (χ0n) is 11.2. The highest BCUT2D eigenvalue weighted by atomic mass is 35.5. The Kier molecular flexibility index (Phi) is 5.83. The van der Waals surface area contributed by atoms with Crippen molar-refractivity contribution in [3.63, 3.8) is 0 Å². The molecule has 1 aromatic carbocycles. The van der Waals surface area contributed by atoms with Gasteiger partial charge in [-0.1, -0.05) is 23.7 Å². The van der Waals surface area contributed by atoms with Crippen molar-refractivity contribution in [2.45, 2.75) is 18.6 Å². The van der Waals surface area contributed by atoms with E-state index >= 15 is 0 Å². The van der Waals surface area contributed by atoms with Gasteiger partial charge in [0.15, 0.2) is 0 Å². The number of hydrogen-bond donors (Lipinski definition) is 1. The predicted molar refractivity (Wildman–Crippen MR) is 71.6 cm³/mol. The van der Waals surface area contributed by atoms with Crippen LogP contribution in [0.2, 0.25) is 5.02 Å². The Bertz CT molecular complexity index is 446. The van der Waals surface area contributed by atoms with E-state index in [0.29, 0.717) is 23.6 Å². The fourth-order valence-electron chi connectivity index (χ4n) is 1.64. The van der Waals surface area contributed by atoms with Crippen LogP contribution in [-0.4, -0.2) is 37.6 Å². The summed E-state index contributed by atoms with van der Waals surface area (Å²) in [7, 11) is 3.62. The van der Waals surface area contributed by atoms with Gasteiger partial charge in [0, 0.05) is 5.02 Å². The number of amides is 1. The maximum atomic E-state index is 12.3. The molecule has 0 fully saturated rings. The molecule has 1 atom stereocenters. The largest absolute Gasteiger partial charge is 0.471 e. The number of nitrogens with one attached hydrogen (secondary N) is 1. The van der Waals surface area contributed by atoms with Gasteiger partial charge in [0.1, 0.15) is 0 Å². The van der Waals surface area contributed by atoms with Gasteiger partial charge in [0.2, 0.25) is 0 Å². The second kappa shape index (κ2) is 6.95. The molecular weight excluding hydrogens is 293 g/mol. The molecule has 0 spiro atoms. The Morgan fingerprint density at radius 3 is 2.30 bits per heavy atom. The fourth-order valence-corrected chi connectivity index (χ4v) is 1.77. The highest BCUT2D eigenvalue weighted by Crippen LogP contribution is 2.22. The highest BCUT2D eigenvalue weighted by Gasteiger charge is 2.39. The molecule has 0 aliphatic carbocycles. The molecule has 1 N–H and O–H groups in total. The molecule has 1 unspecified atom stereocenters. The maximum absolute atomic E-state index is 12.3. The van der Waals surface area contributed by atoms with E-state index in [4.69, 9.17) is 11.6 Å². The summed E-state index contributed by atoms with van der Waals surface area (Å²) < 4.78 is 37.0. The lowest BCUT2D eigenvalue weighted by molar-refractivity contribution is -0.174. The quantitative estimate of drug-likeness (QED) is 0.907. The minimum Gasteiger partial charge on any atom is -0.341 e. The van der Waals surface area contributed by atoms with Gasteiger partial charge in [-0.25, -0.2) is 0 Å². The van der Waals surface area contributed by atoms with Crippen LogP contribution in [0.1, 0.15) is 18.0 Å². The topological polar surface area (TPSA) is 32.3 Å². The van der Waals surface area contributed by atoms with E-state index in [9.17, 15) is 18.0 Å². The summed E-state index contributed by atoms with van der Waals surface area (Å²) in [5, 5.41) is 2.50. The van der Waals surface area contributed by atoms with Crippen molar-refractivity contribution in [3.8, 4) is 0 Å². The van der Waals surface area contributed by atoms with Crippen LogP contribution in [0.5, 0.6) is 0 Å². The standard InChI is InChI=1S/C13H16ClF3N2O/c1-19(2)8-7-11(18-12(20)13(15,16)17)9-3-5-10(14)6-4-9/h3-6,11H,7-8H2,1-2H3,(H,18,20). The molecule has 0 radical (unpaired) electrons. The van der Waals surface area contributed by atoms with E-state index in [2.05, 4.69) is 0 Å². The number of benzene rings is 1. The third-order valence-corrected chi connectivity index (χ3v) is 2.95. The third kappa shape index (κ3) is 5.38. The molecule has 1 rings (SSSR count).